The number of hydrogen-bond donors (Lipinski definition) is 1. The molecule has 1 aromatic heterocycles. The average molecular weight is 289 g/mol. The van der Waals surface area contributed by atoms with Crippen molar-refractivity contribution in [3.63, 3.8) is 0 Å². The van der Waals surface area contributed by atoms with Crippen LogP contribution in [-0.2, 0) is 0 Å². The van der Waals surface area contributed by atoms with Crippen LogP contribution in [0, 0.1) is 11.8 Å². The van der Waals surface area contributed by atoms with Crippen molar-refractivity contribution in [1.29, 1.82) is 0 Å². The van der Waals surface area contributed by atoms with Gasteiger partial charge >= 0.3 is 0 Å². The van der Waals surface area contributed by atoms with Crippen LogP contribution >= 0.6 is 0 Å². The maximum atomic E-state index is 6.32. The minimum absolute atomic E-state index is 0.400. The third-order valence-corrected chi connectivity index (χ3v) is 5.00. The van der Waals surface area contributed by atoms with Gasteiger partial charge in [-0.15, -0.1) is 0 Å². The van der Waals surface area contributed by atoms with E-state index in [-0.39, 0.29) is 0 Å². The molecule has 2 fully saturated rings. The average Bonchev–Trinajstić information content (AvgIpc) is 2.53. The van der Waals surface area contributed by atoms with Crippen LogP contribution < -0.4 is 10.6 Å². The fraction of sp³-hybridized carbons (Fsp3) is 0.750. The van der Waals surface area contributed by atoms with Gasteiger partial charge in [-0.3, -0.25) is 4.90 Å². The molecule has 5 nitrogen and oxygen atoms in total. The smallest absolute Gasteiger partial charge is 0.225 e. The van der Waals surface area contributed by atoms with Gasteiger partial charge < -0.3 is 10.6 Å². The summed E-state index contributed by atoms with van der Waals surface area (Å²) in [6.07, 6.45) is 7.43. The molecule has 0 amide bonds. The Labute approximate surface area is 127 Å². The number of aromatic nitrogens is 2. The molecular formula is C16H27N5. The van der Waals surface area contributed by atoms with Gasteiger partial charge in [0.1, 0.15) is 0 Å². The summed E-state index contributed by atoms with van der Waals surface area (Å²) in [5, 5.41) is 0. The Kier molecular flexibility index (Phi) is 4.70. The zero-order chi connectivity index (χ0) is 14.7. The van der Waals surface area contributed by atoms with Gasteiger partial charge in [0.2, 0.25) is 5.95 Å². The van der Waals surface area contributed by atoms with Gasteiger partial charge in [0.05, 0.1) is 0 Å². The molecule has 2 N–H and O–H groups in total. The quantitative estimate of drug-likeness (QED) is 0.910. The first kappa shape index (κ1) is 14.7. The normalized spacial score (nSPS) is 31.3. The first-order valence-electron chi connectivity index (χ1n) is 8.22. The topological polar surface area (TPSA) is 58.3 Å². The fourth-order valence-corrected chi connectivity index (χ4v) is 3.65. The molecule has 2 aliphatic rings. The SMILES string of the molecule is CC1CCC(N)C(CN2CCN(c3ncccn3)CC2)C1. The Bertz CT molecular complexity index is 430. The Balaban J connectivity index is 1.49. The van der Waals surface area contributed by atoms with Crippen molar-refractivity contribution in [1.82, 2.24) is 14.9 Å². The van der Waals surface area contributed by atoms with E-state index in [4.69, 9.17) is 5.73 Å². The van der Waals surface area contributed by atoms with E-state index in [9.17, 15) is 0 Å². The molecule has 3 atom stereocenters. The second kappa shape index (κ2) is 6.71. The van der Waals surface area contributed by atoms with E-state index in [1.165, 1.54) is 19.3 Å². The van der Waals surface area contributed by atoms with Crippen LogP contribution in [0.15, 0.2) is 18.5 Å². The summed E-state index contributed by atoms with van der Waals surface area (Å²) in [7, 11) is 0. The lowest BCUT2D eigenvalue weighted by atomic mass is 9.79. The summed E-state index contributed by atoms with van der Waals surface area (Å²) in [4.78, 5) is 13.5. The summed E-state index contributed by atoms with van der Waals surface area (Å²) in [6, 6.07) is 2.27. The van der Waals surface area contributed by atoms with Gasteiger partial charge in [-0.25, -0.2) is 9.97 Å². The van der Waals surface area contributed by atoms with E-state index in [1.54, 1.807) is 0 Å². The fourth-order valence-electron chi connectivity index (χ4n) is 3.65. The first-order valence-corrected chi connectivity index (χ1v) is 8.22. The van der Waals surface area contributed by atoms with Crippen LogP contribution in [0.4, 0.5) is 5.95 Å². The number of nitrogens with two attached hydrogens (primary N) is 1. The molecule has 5 heteroatoms. The van der Waals surface area contributed by atoms with Crippen molar-refractivity contribution in [2.45, 2.75) is 32.2 Å². The standard InChI is InChI=1S/C16H27N5/c1-13-3-4-15(17)14(11-13)12-20-7-9-21(10-8-20)16-18-5-2-6-19-16/h2,5-6,13-15H,3-4,7-12,17H2,1H3. The van der Waals surface area contributed by atoms with E-state index in [1.807, 2.05) is 18.5 Å². The molecule has 116 valence electrons. The molecule has 0 spiro atoms. The zero-order valence-electron chi connectivity index (χ0n) is 13.0. The Morgan fingerprint density at radius 2 is 1.86 bits per heavy atom. The van der Waals surface area contributed by atoms with Crippen molar-refractivity contribution in [2.75, 3.05) is 37.6 Å². The van der Waals surface area contributed by atoms with Crippen LogP contribution in [0.1, 0.15) is 26.2 Å². The van der Waals surface area contributed by atoms with Crippen LogP contribution in [0.2, 0.25) is 0 Å². The maximum absolute atomic E-state index is 6.32. The predicted molar refractivity (Wildman–Crippen MR) is 85.2 cm³/mol. The number of rotatable bonds is 3. The van der Waals surface area contributed by atoms with Gasteiger partial charge in [0.15, 0.2) is 0 Å². The number of anilines is 1. The molecule has 1 saturated carbocycles. The highest BCUT2D eigenvalue weighted by molar-refractivity contribution is 5.29. The number of piperazine rings is 1. The van der Waals surface area contributed by atoms with Gasteiger partial charge in [-0.2, -0.15) is 0 Å². The highest BCUT2D eigenvalue weighted by Crippen LogP contribution is 2.28. The molecule has 0 radical (unpaired) electrons. The molecule has 0 aromatic carbocycles. The van der Waals surface area contributed by atoms with Crippen LogP contribution in [0.5, 0.6) is 0 Å². The van der Waals surface area contributed by atoms with Crippen LogP contribution in [0.25, 0.3) is 0 Å². The molecule has 1 aliphatic heterocycles. The summed E-state index contributed by atoms with van der Waals surface area (Å²) >= 11 is 0. The summed E-state index contributed by atoms with van der Waals surface area (Å²) in [5.74, 6) is 2.38. The highest BCUT2D eigenvalue weighted by atomic mass is 15.3. The van der Waals surface area contributed by atoms with Crippen molar-refractivity contribution in [3.05, 3.63) is 18.5 Å². The maximum Gasteiger partial charge on any atom is 0.225 e. The van der Waals surface area contributed by atoms with Crippen LogP contribution in [-0.4, -0.2) is 53.6 Å². The van der Waals surface area contributed by atoms with Gasteiger partial charge in [-0.05, 0) is 37.2 Å². The van der Waals surface area contributed by atoms with E-state index >= 15 is 0 Å². The monoisotopic (exact) mass is 289 g/mol. The molecule has 1 aliphatic carbocycles. The van der Waals surface area contributed by atoms with Gasteiger partial charge in [-0.1, -0.05) is 6.92 Å². The minimum Gasteiger partial charge on any atom is -0.338 e. The lowest BCUT2D eigenvalue weighted by Gasteiger charge is -2.40. The summed E-state index contributed by atoms with van der Waals surface area (Å²) in [6.45, 7) is 7.74. The molecule has 21 heavy (non-hydrogen) atoms. The predicted octanol–water partition coefficient (Wildman–Crippen LogP) is 1.36. The number of nitrogens with zero attached hydrogens (tertiary/aromatic N) is 4. The Hall–Kier alpha value is -1.20. The molecule has 2 heterocycles. The van der Waals surface area contributed by atoms with Crippen molar-refractivity contribution >= 4 is 5.95 Å². The van der Waals surface area contributed by atoms with E-state index < -0.39 is 0 Å². The van der Waals surface area contributed by atoms with Crippen molar-refractivity contribution in [2.24, 2.45) is 17.6 Å². The Morgan fingerprint density at radius 3 is 2.57 bits per heavy atom. The first-order chi connectivity index (χ1) is 10.2. The lowest BCUT2D eigenvalue weighted by Crippen LogP contribution is -2.51. The van der Waals surface area contributed by atoms with Crippen molar-refractivity contribution in [3.8, 4) is 0 Å². The Morgan fingerprint density at radius 1 is 1.14 bits per heavy atom. The second-order valence-corrected chi connectivity index (χ2v) is 6.68. The summed E-state index contributed by atoms with van der Waals surface area (Å²) < 4.78 is 0. The van der Waals surface area contributed by atoms with E-state index in [0.29, 0.717) is 12.0 Å². The third kappa shape index (κ3) is 3.71. The number of hydrogen-bond acceptors (Lipinski definition) is 5. The molecule has 1 aromatic rings. The molecular weight excluding hydrogens is 262 g/mol. The largest absolute Gasteiger partial charge is 0.338 e. The lowest BCUT2D eigenvalue weighted by molar-refractivity contribution is 0.155. The minimum atomic E-state index is 0.400. The highest BCUT2D eigenvalue weighted by Gasteiger charge is 2.29. The molecule has 0 bridgehead atoms. The molecule has 3 rings (SSSR count). The van der Waals surface area contributed by atoms with Gasteiger partial charge in [0, 0.05) is 51.2 Å². The summed E-state index contributed by atoms with van der Waals surface area (Å²) in [5.41, 5.74) is 6.32. The van der Waals surface area contributed by atoms with Crippen molar-refractivity contribution < 1.29 is 0 Å². The zero-order valence-corrected chi connectivity index (χ0v) is 13.0. The van der Waals surface area contributed by atoms with E-state index in [0.717, 1.165) is 44.6 Å². The second-order valence-electron chi connectivity index (χ2n) is 6.68. The van der Waals surface area contributed by atoms with E-state index in [2.05, 4.69) is 26.7 Å². The molecule has 3 unspecified atom stereocenters. The third-order valence-electron chi connectivity index (χ3n) is 5.00. The van der Waals surface area contributed by atoms with Gasteiger partial charge in [0.25, 0.3) is 0 Å². The molecule has 1 saturated heterocycles. The van der Waals surface area contributed by atoms with Crippen LogP contribution in [0.3, 0.4) is 0 Å².